The van der Waals surface area contributed by atoms with Crippen LogP contribution in [0, 0.1) is 17.8 Å². The van der Waals surface area contributed by atoms with Crippen LogP contribution in [0.1, 0.15) is 112 Å². The number of benzene rings is 1. The number of unbranched alkanes of at least 4 members (excludes halogenated alkanes) is 1. The largest absolute Gasteiger partial charge is 0.463 e. The molecule has 17 heteroatoms. The highest BCUT2D eigenvalue weighted by atomic mass is 16.7. The van der Waals surface area contributed by atoms with Crippen LogP contribution in [0.5, 0.6) is 0 Å². The van der Waals surface area contributed by atoms with Crippen molar-refractivity contribution >= 4 is 17.9 Å². The van der Waals surface area contributed by atoms with Gasteiger partial charge in [0.05, 0.1) is 43.0 Å². The highest BCUT2D eigenvalue weighted by molar-refractivity contribution is 5.72. The van der Waals surface area contributed by atoms with Gasteiger partial charge in [0.15, 0.2) is 18.7 Å². The second-order valence-electron chi connectivity index (χ2n) is 19.8. The molecule has 0 bridgehead atoms. The van der Waals surface area contributed by atoms with Crippen molar-refractivity contribution in [2.24, 2.45) is 17.8 Å². The molecule has 3 heterocycles. The Hall–Kier alpha value is -2.81. The van der Waals surface area contributed by atoms with E-state index in [2.05, 4.69) is 17.0 Å². The van der Waals surface area contributed by atoms with E-state index >= 15 is 0 Å². The minimum atomic E-state index is -1.49. The topological polar surface area (TPSA) is 201 Å². The van der Waals surface area contributed by atoms with Gasteiger partial charge < -0.3 is 67.8 Å². The summed E-state index contributed by atoms with van der Waals surface area (Å²) in [5.41, 5.74) is -0.217. The van der Waals surface area contributed by atoms with E-state index in [0.29, 0.717) is 25.9 Å². The molecule has 3 fully saturated rings. The second kappa shape index (κ2) is 27.7. The fourth-order valence-electron chi connectivity index (χ4n) is 10.4. The summed E-state index contributed by atoms with van der Waals surface area (Å²) in [4.78, 5) is 43.6. The number of ether oxygens (including phenoxy) is 9. The zero-order valence-electron chi connectivity index (χ0n) is 43.0. The Morgan fingerprint density at radius 3 is 2.19 bits per heavy atom. The molecule has 0 aliphatic carbocycles. The van der Waals surface area contributed by atoms with Gasteiger partial charge in [-0.2, -0.15) is 0 Å². The molecule has 17 nitrogen and oxygen atoms in total. The van der Waals surface area contributed by atoms with E-state index in [1.807, 2.05) is 58.0 Å². The number of hydrogen-bond acceptors (Lipinski definition) is 17. The maximum Gasteiger partial charge on any atom is 0.309 e. The molecule has 3 aliphatic heterocycles. The standard InChI is InChI=1S/C51H86N2O15/c1-13-39(55)66-38-28-41(57)63-32(4)23-25-53(24-19-18-22-35-20-16-15-17-21-35)30-37(54)31(3)26-36(27-42(60-10)61-11)44(48(38)62-12)49-46(58)45(52(8)9)47(33(5)65-49)68-43-29-51(7,59)50(34(6)64-43)67-40(56)14-2/h15-17,20-21,31-34,36-38,42-50,54,58-59H,13-14,18-19,22-30H2,1-12H3/t31-,32-,33-,34+,36-,37+,38-,43+,44+,45-,46-,47-,48-,49+,50+,51-/m1/s1. The number of β-amino-alcohol motifs (C(OH)–C–C–N with tert-alkyl or cyclic N) is 1. The number of aliphatic hydroxyl groups excluding tert-OH is 2. The molecular weight excluding hydrogens is 881 g/mol. The highest BCUT2D eigenvalue weighted by Crippen LogP contribution is 2.43. The maximum absolute atomic E-state index is 14.0. The summed E-state index contributed by atoms with van der Waals surface area (Å²) in [5, 5.41) is 36.5. The third-order valence-corrected chi connectivity index (χ3v) is 14.2. The van der Waals surface area contributed by atoms with Crippen molar-refractivity contribution in [3.8, 4) is 0 Å². The van der Waals surface area contributed by atoms with E-state index in [9.17, 15) is 29.7 Å². The summed E-state index contributed by atoms with van der Waals surface area (Å²) < 4.78 is 55.6. The maximum atomic E-state index is 14.0. The summed E-state index contributed by atoms with van der Waals surface area (Å²) in [5.74, 6) is -3.20. The summed E-state index contributed by atoms with van der Waals surface area (Å²) in [6, 6.07) is 9.62. The van der Waals surface area contributed by atoms with Crippen LogP contribution in [0.25, 0.3) is 0 Å². The van der Waals surface area contributed by atoms with Gasteiger partial charge in [0, 0.05) is 66.0 Å². The Morgan fingerprint density at radius 2 is 1.59 bits per heavy atom. The summed E-state index contributed by atoms with van der Waals surface area (Å²) in [7, 11) is 8.21. The normalized spacial score (nSPS) is 36.1. The van der Waals surface area contributed by atoms with Crippen molar-refractivity contribution in [3.05, 3.63) is 35.9 Å². The van der Waals surface area contributed by atoms with E-state index in [1.54, 1.807) is 41.9 Å². The van der Waals surface area contributed by atoms with E-state index in [-0.39, 0.29) is 38.0 Å². The first-order valence-electron chi connectivity index (χ1n) is 24.9. The van der Waals surface area contributed by atoms with Crippen LogP contribution in [-0.2, 0) is 63.4 Å². The zero-order chi connectivity index (χ0) is 50.3. The lowest BCUT2D eigenvalue weighted by Gasteiger charge is -2.53. The van der Waals surface area contributed by atoms with Gasteiger partial charge in [0.1, 0.15) is 30.0 Å². The summed E-state index contributed by atoms with van der Waals surface area (Å²) >= 11 is 0. The number of cyclic esters (lactones) is 1. The number of likely N-dealkylation sites (N-methyl/N-ethyl adjacent to an activating group) is 1. The lowest BCUT2D eigenvalue weighted by atomic mass is 9.70. The molecule has 0 radical (unpaired) electrons. The number of esters is 3. The van der Waals surface area contributed by atoms with Crippen molar-refractivity contribution in [1.82, 2.24) is 9.80 Å². The number of nitrogens with zero attached hydrogens (tertiary/aromatic N) is 2. The van der Waals surface area contributed by atoms with E-state index in [0.717, 1.165) is 25.8 Å². The molecule has 390 valence electrons. The van der Waals surface area contributed by atoms with Crippen LogP contribution in [0.3, 0.4) is 0 Å². The quantitative estimate of drug-likeness (QED) is 0.0792. The smallest absolute Gasteiger partial charge is 0.309 e. The number of aryl methyl sites for hydroxylation is 1. The molecule has 16 atom stereocenters. The third-order valence-electron chi connectivity index (χ3n) is 14.2. The fraction of sp³-hybridized carbons (Fsp3) is 0.824. The van der Waals surface area contributed by atoms with Crippen LogP contribution in [0.15, 0.2) is 30.3 Å². The van der Waals surface area contributed by atoms with Gasteiger partial charge in [-0.05, 0) is 97.8 Å². The lowest BCUT2D eigenvalue weighted by Crippen LogP contribution is -2.67. The molecule has 0 saturated carbocycles. The minimum absolute atomic E-state index is 0.0295. The van der Waals surface area contributed by atoms with Crippen molar-refractivity contribution in [1.29, 1.82) is 0 Å². The SMILES string of the molecule is CCC(=O)O[C@@H]1CC(=O)O[C@H](C)CCN(CCCCc2ccccc2)C[C@H](O)[C@H](C)C[C@H](CC(OC)OC)[C@H]([C@@H]2O[C@H](C)[C@@H](O[C@H]3C[C@@](C)(O)[C@@H](OC(=O)CC)[C@H](C)O3)[C@H](N(C)C)[C@H]2O)[C@@H]1OC. The van der Waals surface area contributed by atoms with Gasteiger partial charge in [-0.3, -0.25) is 14.4 Å². The third kappa shape index (κ3) is 16.4. The molecule has 3 N–H and O–H groups in total. The first-order valence-corrected chi connectivity index (χ1v) is 24.9. The number of carbonyl (C=O) groups excluding carboxylic acids is 3. The minimum Gasteiger partial charge on any atom is -0.463 e. The van der Waals surface area contributed by atoms with Crippen molar-refractivity contribution in [2.45, 2.75) is 198 Å². The average Bonchev–Trinajstić information content (AvgIpc) is 3.29. The lowest BCUT2D eigenvalue weighted by molar-refractivity contribution is -0.318. The van der Waals surface area contributed by atoms with Gasteiger partial charge in [0.2, 0.25) is 0 Å². The molecule has 1 aromatic carbocycles. The molecule has 0 unspecified atom stereocenters. The number of rotatable bonds is 18. The van der Waals surface area contributed by atoms with Crippen LogP contribution >= 0.6 is 0 Å². The Balaban J connectivity index is 1.76. The Labute approximate surface area is 405 Å². The average molecular weight is 967 g/mol. The van der Waals surface area contributed by atoms with Crippen molar-refractivity contribution in [2.75, 3.05) is 55.1 Å². The highest BCUT2D eigenvalue weighted by Gasteiger charge is 2.55. The molecule has 0 spiro atoms. The molecular formula is C51H86N2O15. The first kappa shape index (κ1) is 57.8. The van der Waals surface area contributed by atoms with Crippen LogP contribution < -0.4 is 0 Å². The molecule has 3 aliphatic rings. The van der Waals surface area contributed by atoms with Crippen molar-refractivity contribution in [3.63, 3.8) is 0 Å². The van der Waals surface area contributed by atoms with Gasteiger partial charge in [0.25, 0.3) is 0 Å². The Kier molecular flexibility index (Phi) is 23.5. The molecule has 68 heavy (non-hydrogen) atoms. The number of hydrogen-bond donors (Lipinski definition) is 3. The summed E-state index contributed by atoms with van der Waals surface area (Å²) in [6.07, 6.45) is -6.86. The predicted octanol–water partition coefficient (Wildman–Crippen LogP) is 4.67. The molecule has 4 rings (SSSR count). The fourth-order valence-corrected chi connectivity index (χ4v) is 10.4. The van der Waals surface area contributed by atoms with E-state index in [4.69, 9.17) is 42.6 Å². The van der Waals surface area contributed by atoms with Crippen LogP contribution in [0.2, 0.25) is 0 Å². The monoisotopic (exact) mass is 967 g/mol. The number of carbonyl (C=O) groups is 3. The van der Waals surface area contributed by atoms with Gasteiger partial charge in [-0.25, -0.2) is 0 Å². The van der Waals surface area contributed by atoms with E-state index in [1.165, 1.54) is 12.7 Å². The van der Waals surface area contributed by atoms with Gasteiger partial charge in [-0.15, -0.1) is 0 Å². The second-order valence-corrected chi connectivity index (χ2v) is 19.8. The Bertz CT molecular complexity index is 1650. The number of aliphatic hydroxyl groups is 3. The zero-order valence-corrected chi connectivity index (χ0v) is 43.0. The predicted molar refractivity (Wildman–Crippen MR) is 253 cm³/mol. The van der Waals surface area contributed by atoms with Gasteiger partial charge in [-0.1, -0.05) is 51.1 Å². The van der Waals surface area contributed by atoms with Gasteiger partial charge >= 0.3 is 17.9 Å². The Morgan fingerprint density at radius 1 is 0.926 bits per heavy atom. The van der Waals surface area contributed by atoms with Crippen LogP contribution in [-0.4, -0.2) is 183 Å². The molecule has 1 aromatic rings. The van der Waals surface area contributed by atoms with Crippen molar-refractivity contribution < 1.29 is 72.3 Å². The number of methoxy groups -OCH3 is 3. The molecule has 3 saturated heterocycles. The molecule has 0 aromatic heterocycles. The molecule has 0 amide bonds. The van der Waals surface area contributed by atoms with E-state index < -0.39 is 115 Å². The summed E-state index contributed by atoms with van der Waals surface area (Å²) in [6.45, 7) is 14.0. The first-order chi connectivity index (χ1) is 32.3. The van der Waals surface area contributed by atoms with Crippen LogP contribution in [0.4, 0.5) is 0 Å².